The Hall–Kier alpha value is -3.48. The minimum atomic E-state index is -0.703. The van der Waals surface area contributed by atoms with Crippen molar-refractivity contribution in [1.82, 2.24) is 20.8 Å². The highest BCUT2D eigenvalue weighted by atomic mass is 16.5. The van der Waals surface area contributed by atoms with Crippen LogP contribution < -0.4 is 10.6 Å². The maximum absolute atomic E-state index is 12.6. The number of carbonyl (C=O) groups excluding carboxylic acids is 2. The Morgan fingerprint density at radius 3 is 2.52 bits per heavy atom. The second-order valence-electron chi connectivity index (χ2n) is 7.18. The third-order valence-electron chi connectivity index (χ3n) is 4.48. The van der Waals surface area contributed by atoms with E-state index in [1.165, 1.54) is 0 Å². The van der Waals surface area contributed by atoms with Crippen LogP contribution in [0.4, 0.5) is 0 Å². The fraction of sp³-hybridized carbons (Fsp3) is 0.273. The maximum atomic E-state index is 12.6. The SMILES string of the molecule is Cc1ccc(-c2cc(C(=O)NC(C(=O)NCc3ccccn3)C(C)C)no2)cc1. The van der Waals surface area contributed by atoms with Crippen LogP contribution in [0.15, 0.2) is 59.3 Å². The van der Waals surface area contributed by atoms with Crippen LogP contribution in [0.2, 0.25) is 0 Å². The van der Waals surface area contributed by atoms with Gasteiger partial charge in [-0.3, -0.25) is 14.6 Å². The van der Waals surface area contributed by atoms with Gasteiger partial charge in [-0.25, -0.2) is 0 Å². The first-order valence-corrected chi connectivity index (χ1v) is 9.46. The van der Waals surface area contributed by atoms with Crippen molar-refractivity contribution >= 4 is 11.8 Å². The number of nitrogens with one attached hydrogen (secondary N) is 2. The van der Waals surface area contributed by atoms with E-state index in [1.807, 2.05) is 63.2 Å². The zero-order valence-electron chi connectivity index (χ0n) is 16.7. The number of hydrogen-bond acceptors (Lipinski definition) is 5. The van der Waals surface area contributed by atoms with Crippen molar-refractivity contribution in [2.75, 3.05) is 0 Å². The average Bonchev–Trinajstić information content (AvgIpc) is 3.21. The minimum absolute atomic E-state index is 0.105. The van der Waals surface area contributed by atoms with Crippen LogP contribution in [0, 0.1) is 12.8 Å². The third kappa shape index (κ3) is 5.28. The lowest BCUT2D eigenvalue weighted by Gasteiger charge is -2.21. The van der Waals surface area contributed by atoms with Crippen molar-refractivity contribution < 1.29 is 14.1 Å². The molecule has 2 heterocycles. The Kier molecular flexibility index (Phi) is 6.39. The molecule has 0 saturated heterocycles. The first-order chi connectivity index (χ1) is 13.9. The van der Waals surface area contributed by atoms with E-state index >= 15 is 0 Å². The van der Waals surface area contributed by atoms with Crippen molar-refractivity contribution in [1.29, 1.82) is 0 Å². The molecule has 1 unspecified atom stereocenters. The summed E-state index contributed by atoms with van der Waals surface area (Å²) in [6, 6.07) is 14.1. The molecule has 3 rings (SSSR count). The van der Waals surface area contributed by atoms with E-state index in [9.17, 15) is 9.59 Å². The molecule has 0 saturated carbocycles. The summed E-state index contributed by atoms with van der Waals surface area (Å²) in [7, 11) is 0. The Labute approximate surface area is 169 Å². The molecule has 0 spiro atoms. The first-order valence-electron chi connectivity index (χ1n) is 9.46. The van der Waals surface area contributed by atoms with Crippen molar-refractivity contribution in [3.63, 3.8) is 0 Å². The number of benzene rings is 1. The fourth-order valence-corrected chi connectivity index (χ4v) is 2.78. The van der Waals surface area contributed by atoms with Crippen LogP contribution in [0.1, 0.15) is 35.6 Å². The van der Waals surface area contributed by atoms with Crippen LogP contribution in [0.3, 0.4) is 0 Å². The summed E-state index contributed by atoms with van der Waals surface area (Å²) in [5, 5.41) is 9.41. The van der Waals surface area contributed by atoms with Gasteiger partial charge in [-0.05, 0) is 25.0 Å². The summed E-state index contributed by atoms with van der Waals surface area (Å²) < 4.78 is 5.30. The zero-order valence-corrected chi connectivity index (χ0v) is 16.7. The van der Waals surface area contributed by atoms with Crippen LogP contribution in [-0.2, 0) is 11.3 Å². The highest BCUT2D eigenvalue weighted by molar-refractivity contribution is 5.96. The molecule has 0 aliphatic heterocycles. The summed E-state index contributed by atoms with van der Waals surface area (Å²) in [5.41, 5.74) is 2.83. The van der Waals surface area contributed by atoms with Gasteiger partial charge in [0.25, 0.3) is 5.91 Å². The molecule has 1 aromatic carbocycles. The molecule has 1 atom stereocenters. The summed E-state index contributed by atoms with van der Waals surface area (Å²) >= 11 is 0. The molecule has 150 valence electrons. The Morgan fingerprint density at radius 1 is 1.10 bits per heavy atom. The zero-order chi connectivity index (χ0) is 20.8. The molecule has 0 radical (unpaired) electrons. The molecule has 0 fully saturated rings. The van der Waals surface area contributed by atoms with E-state index < -0.39 is 11.9 Å². The van der Waals surface area contributed by atoms with Gasteiger partial charge in [0.05, 0.1) is 12.2 Å². The number of aromatic nitrogens is 2. The van der Waals surface area contributed by atoms with Gasteiger partial charge in [0.15, 0.2) is 11.5 Å². The van der Waals surface area contributed by atoms with E-state index in [1.54, 1.807) is 12.3 Å². The summed E-state index contributed by atoms with van der Waals surface area (Å²) in [6.07, 6.45) is 1.67. The molecule has 2 aromatic heterocycles. The van der Waals surface area contributed by atoms with Gasteiger partial charge in [-0.2, -0.15) is 0 Å². The average molecular weight is 392 g/mol. The Balaban J connectivity index is 1.65. The molecule has 0 bridgehead atoms. The van der Waals surface area contributed by atoms with Crippen molar-refractivity contribution in [2.45, 2.75) is 33.4 Å². The van der Waals surface area contributed by atoms with Gasteiger partial charge in [0, 0.05) is 17.8 Å². The molecule has 0 aliphatic rings. The standard InChI is InChI=1S/C22H24N4O3/c1-14(2)20(22(28)24-13-17-6-4-5-11-23-17)25-21(27)18-12-19(29-26-18)16-9-7-15(3)8-10-16/h4-12,14,20H,13H2,1-3H3,(H,24,28)(H,25,27). The van der Waals surface area contributed by atoms with Gasteiger partial charge >= 0.3 is 0 Å². The van der Waals surface area contributed by atoms with Crippen LogP contribution in [-0.4, -0.2) is 28.0 Å². The molecule has 7 heteroatoms. The smallest absolute Gasteiger partial charge is 0.274 e. The normalized spacial score (nSPS) is 11.9. The molecule has 0 aliphatic carbocycles. The van der Waals surface area contributed by atoms with E-state index in [4.69, 9.17) is 4.52 Å². The van der Waals surface area contributed by atoms with E-state index in [2.05, 4.69) is 20.8 Å². The van der Waals surface area contributed by atoms with Crippen molar-refractivity contribution in [3.8, 4) is 11.3 Å². The molecule has 3 aromatic rings. The number of carbonyl (C=O) groups is 2. The second kappa shape index (κ2) is 9.14. The van der Waals surface area contributed by atoms with E-state index in [0.29, 0.717) is 12.3 Å². The molecule has 29 heavy (non-hydrogen) atoms. The number of amides is 2. The number of pyridine rings is 1. The third-order valence-corrected chi connectivity index (χ3v) is 4.48. The number of nitrogens with zero attached hydrogens (tertiary/aromatic N) is 2. The highest BCUT2D eigenvalue weighted by Gasteiger charge is 2.26. The number of hydrogen-bond donors (Lipinski definition) is 2. The van der Waals surface area contributed by atoms with Gasteiger partial charge in [-0.1, -0.05) is 54.9 Å². The molecule has 7 nitrogen and oxygen atoms in total. The van der Waals surface area contributed by atoms with E-state index in [0.717, 1.165) is 16.8 Å². The Morgan fingerprint density at radius 2 is 1.86 bits per heavy atom. The molecular formula is C22H24N4O3. The number of aryl methyl sites for hydroxylation is 1. The van der Waals surface area contributed by atoms with Crippen molar-refractivity contribution in [3.05, 3.63) is 71.7 Å². The summed E-state index contributed by atoms with van der Waals surface area (Å²) in [4.78, 5) is 29.4. The Bertz CT molecular complexity index is 965. The number of rotatable bonds is 7. The van der Waals surface area contributed by atoms with Gasteiger partial charge in [-0.15, -0.1) is 0 Å². The monoisotopic (exact) mass is 392 g/mol. The quantitative estimate of drug-likeness (QED) is 0.644. The lowest BCUT2D eigenvalue weighted by Crippen LogP contribution is -2.49. The van der Waals surface area contributed by atoms with Crippen molar-refractivity contribution in [2.24, 2.45) is 5.92 Å². The minimum Gasteiger partial charge on any atom is -0.355 e. The van der Waals surface area contributed by atoms with Crippen LogP contribution in [0.5, 0.6) is 0 Å². The summed E-state index contributed by atoms with van der Waals surface area (Å²) in [5.74, 6) is -0.345. The van der Waals surface area contributed by atoms with E-state index in [-0.39, 0.29) is 17.5 Å². The largest absolute Gasteiger partial charge is 0.355 e. The molecular weight excluding hydrogens is 368 g/mol. The lowest BCUT2D eigenvalue weighted by molar-refractivity contribution is -0.124. The first kappa shape index (κ1) is 20.3. The topological polar surface area (TPSA) is 97.1 Å². The van der Waals surface area contributed by atoms with Crippen LogP contribution >= 0.6 is 0 Å². The fourth-order valence-electron chi connectivity index (χ4n) is 2.78. The molecule has 2 N–H and O–H groups in total. The molecule has 2 amide bonds. The lowest BCUT2D eigenvalue weighted by atomic mass is 10.0. The highest BCUT2D eigenvalue weighted by Crippen LogP contribution is 2.21. The predicted octanol–water partition coefficient (Wildman–Crippen LogP) is 3.12. The van der Waals surface area contributed by atoms with Gasteiger partial charge in [0.1, 0.15) is 6.04 Å². The van der Waals surface area contributed by atoms with Gasteiger partial charge < -0.3 is 15.2 Å². The maximum Gasteiger partial charge on any atom is 0.274 e. The van der Waals surface area contributed by atoms with Crippen LogP contribution in [0.25, 0.3) is 11.3 Å². The van der Waals surface area contributed by atoms with Gasteiger partial charge in [0.2, 0.25) is 5.91 Å². The predicted molar refractivity (Wildman–Crippen MR) is 109 cm³/mol. The second-order valence-corrected chi connectivity index (χ2v) is 7.18. The summed E-state index contributed by atoms with van der Waals surface area (Å²) in [6.45, 7) is 6.02.